The normalized spacial score (nSPS) is 24.0. The Morgan fingerprint density at radius 1 is 1.19 bits per heavy atom. The first kappa shape index (κ1) is 23.1. The van der Waals surface area contributed by atoms with Crippen LogP contribution in [0.15, 0.2) is 24.3 Å². The highest BCUT2D eigenvalue weighted by atomic mass is 32.2. The average Bonchev–Trinajstić information content (AvgIpc) is 3.14. The maximum Gasteiger partial charge on any atom is 0.325 e. The number of thioether (sulfide) groups is 1. The summed E-state index contributed by atoms with van der Waals surface area (Å²) in [6.07, 6.45) is 0.610. The van der Waals surface area contributed by atoms with Gasteiger partial charge in [-0.2, -0.15) is 0 Å². The predicted octanol–water partition coefficient (Wildman–Crippen LogP) is 2.16. The highest BCUT2D eigenvalue weighted by Crippen LogP contribution is 2.56. The lowest BCUT2D eigenvalue weighted by atomic mass is 9.95. The van der Waals surface area contributed by atoms with Gasteiger partial charge in [-0.05, 0) is 38.3 Å². The lowest BCUT2D eigenvalue weighted by molar-refractivity contribution is -0.142. The van der Waals surface area contributed by atoms with E-state index in [2.05, 4.69) is 10.6 Å². The molecular weight excluding hydrogens is 418 g/mol. The van der Waals surface area contributed by atoms with Gasteiger partial charge in [0.2, 0.25) is 11.8 Å². The molecule has 0 saturated carbocycles. The number of hydrogen-bond acceptors (Lipinski definition) is 5. The lowest BCUT2D eigenvalue weighted by Crippen LogP contribution is -2.59. The third-order valence-electron chi connectivity index (χ3n) is 6.07. The number of aliphatic carboxylic acids is 1. The number of amides is 3. The van der Waals surface area contributed by atoms with Gasteiger partial charge in [0.1, 0.15) is 23.5 Å². The molecule has 9 heteroatoms. The van der Waals surface area contributed by atoms with Crippen molar-refractivity contribution in [3.63, 3.8) is 0 Å². The van der Waals surface area contributed by atoms with E-state index >= 15 is 0 Å². The number of carboxylic acids is 1. The lowest BCUT2D eigenvalue weighted by Gasteiger charge is -2.32. The summed E-state index contributed by atoms with van der Waals surface area (Å²) in [4.78, 5) is 52.0. The number of nitrogens with one attached hydrogen (secondary N) is 2. The number of hydrogen-bond donors (Lipinski definition) is 3. The van der Waals surface area contributed by atoms with E-state index in [9.17, 15) is 19.2 Å². The number of carbonyl (C=O) groups is 4. The Balaban J connectivity index is 1.85. The number of carbonyl (C=O) groups excluding carboxylic acids is 3. The van der Waals surface area contributed by atoms with Gasteiger partial charge in [0.25, 0.3) is 5.91 Å². The summed E-state index contributed by atoms with van der Waals surface area (Å²) < 4.78 is -0.567. The zero-order valence-electron chi connectivity index (χ0n) is 18.3. The van der Waals surface area contributed by atoms with Crippen LogP contribution in [0.2, 0.25) is 0 Å². The van der Waals surface area contributed by atoms with Crippen molar-refractivity contribution in [3.05, 3.63) is 35.4 Å². The Morgan fingerprint density at radius 3 is 2.45 bits per heavy atom. The number of carboxylic acid groups (broad SMARTS) is 1. The third kappa shape index (κ3) is 4.15. The summed E-state index contributed by atoms with van der Waals surface area (Å²) in [5.41, 5.74) is 1.49. The van der Waals surface area contributed by atoms with E-state index in [0.717, 1.165) is 5.56 Å². The quantitative estimate of drug-likeness (QED) is 0.590. The van der Waals surface area contributed by atoms with Crippen LogP contribution in [0, 0.1) is 5.92 Å². The topological polar surface area (TPSA) is 116 Å². The molecule has 3 N–H and O–H groups in total. The fraction of sp³-hybridized carbons (Fsp3) is 0.545. The first-order valence-electron chi connectivity index (χ1n) is 10.4. The van der Waals surface area contributed by atoms with Gasteiger partial charge in [0, 0.05) is 10.3 Å². The van der Waals surface area contributed by atoms with Crippen molar-refractivity contribution in [3.8, 4) is 0 Å². The molecule has 1 aromatic carbocycles. The van der Waals surface area contributed by atoms with Crippen LogP contribution in [0.5, 0.6) is 0 Å². The van der Waals surface area contributed by atoms with E-state index in [4.69, 9.17) is 5.11 Å². The summed E-state index contributed by atoms with van der Waals surface area (Å²) in [6, 6.07) is 4.61. The average molecular weight is 448 g/mol. The molecule has 8 nitrogen and oxygen atoms in total. The minimum atomic E-state index is -1.15. The molecule has 0 spiro atoms. The van der Waals surface area contributed by atoms with Gasteiger partial charge < -0.3 is 20.6 Å². The molecule has 1 aromatic rings. The van der Waals surface area contributed by atoms with Crippen LogP contribution < -0.4 is 10.6 Å². The van der Waals surface area contributed by atoms with E-state index in [-0.39, 0.29) is 17.2 Å². The Morgan fingerprint density at radius 2 is 1.84 bits per heavy atom. The standard InChI is InChI=1S/C22H29N3O5S/c1-6-11(2)15(17(26)23-12(3)21(29)30)24-18(27)16-22(4,5)31-20-14-10-8-7-9-13(14)19(28)25(16)20/h7-12,15-16,20H,6H2,1-5H3,(H,23,26)(H,24,27)(H,29,30)/t11-,12-,15-,16+,20+/m0/s1. The fourth-order valence-corrected chi connectivity index (χ4v) is 5.69. The smallest absolute Gasteiger partial charge is 0.325 e. The van der Waals surface area contributed by atoms with Gasteiger partial charge >= 0.3 is 5.97 Å². The van der Waals surface area contributed by atoms with Crippen LogP contribution in [-0.4, -0.2) is 56.6 Å². The van der Waals surface area contributed by atoms with E-state index in [1.807, 2.05) is 39.8 Å². The molecule has 2 heterocycles. The first-order chi connectivity index (χ1) is 14.5. The Labute approximate surface area is 186 Å². The highest BCUT2D eigenvalue weighted by molar-refractivity contribution is 8.01. The summed E-state index contributed by atoms with van der Waals surface area (Å²) in [6.45, 7) is 8.92. The molecule has 3 amide bonds. The van der Waals surface area contributed by atoms with Crippen LogP contribution in [0.1, 0.15) is 62.3 Å². The highest BCUT2D eigenvalue weighted by Gasteiger charge is 2.57. The fourth-order valence-electron chi connectivity index (χ4n) is 4.10. The molecule has 0 aromatic heterocycles. The second-order valence-corrected chi connectivity index (χ2v) is 10.5. The minimum Gasteiger partial charge on any atom is -0.480 e. The van der Waals surface area contributed by atoms with Gasteiger partial charge in [-0.25, -0.2) is 0 Å². The van der Waals surface area contributed by atoms with Crippen molar-refractivity contribution in [1.82, 2.24) is 15.5 Å². The zero-order valence-corrected chi connectivity index (χ0v) is 19.2. The molecule has 2 aliphatic heterocycles. The summed E-state index contributed by atoms with van der Waals surface area (Å²) in [5, 5.41) is 14.1. The van der Waals surface area contributed by atoms with Gasteiger partial charge in [-0.3, -0.25) is 19.2 Å². The number of rotatable bonds is 7. The largest absolute Gasteiger partial charge is 0.480 e. The van der Waals surface area contributed by atoms with Crippen molar-refractivity contribution in [1.29, 1.82) is 0 Å². The Hall–Kier alpha value is -2.55. The number of benzene rings is 1. The van der Waals surface area contributed by atoms with Gasteiger partial charge in [0.15, 0.2) is 0 Å². The van der Waals surface area contributed by atoms with Crippen LogP contribution >= 0.6 is 11.8 Å². The zero-order chi connectivity index (χ0) is 23.1. The molecule has 5 atom stereocenters. The van der Waals surface area contributed by atoms with Crippen molar-refractivity contribution in [2.75, 3.05) is 0 Å². The SMILES string of the molecule is CC[C@H](C)[C@H](NC(=O)[C@H]1N2C(=O)c3ccccc3[C@H]2SC1(C)C)C(=O)N[C@@H](C)C(=O)O. The molecule has 2 aliphatic rings. The van der Waals surface area contributed by atoms with Gasteiger partial charge in [-0.1, -0.05) is 38.5 Å². The van der Waals surface area contributed by atoms with Gasteiger partial charge in [0.05, 0.1) is 0 Å². The molecule has 0 unspecified atom stereocenters. The molecule has 0 radical (unpaired) electrons. The van der Waals surface area contributed by atoms with Crippen LogP contribution in [0.4, 0.5) is 0 Å². The molecule has 0 aliphatic carbocycles. The molecule has 168 valence electrons. The maximum absolute atomic E-state index is 13.4. The second-order valence-electron chi connectivity index (χ2n) is 8.72. The van der Waals surface area contributed by atoms with Crippen LogP contribution in [0.3, 0.4) is 0 Å². The molecule has 31 heavy (non-hydrogen) atoms. The Kier molecular flexibility index (Phi) is 6.36. The van der Waals surface area contributed by atoms with Crippen molar-refractivity contribution < 1.29 is 24.3 Å². The first-order valence-corrected chi connectivity index (χ1v) is 11.3. The molecule has 1 saturated heterocycles. The van der Waals surface area contributed by atoms with Gasteiger partial charge in [-0.15, -0.1) is 11.8 Å². The predicted molar refractivity (Wildman–Crippen MR) is 117 cm³/mol. The summed E-state index contributed by atoms with van der Waals surface area (Å²) >= 11 is 1.55. The minimum absolute atomic E-state index is 0.192. The monoisotopic (exact) mass is 447 g/mol. The van der Waals surface area contributed by atoms with Crippen molar-refractivity contribution in [2.24, 2.45) is 5.92 Å². The number of nitrogens with zero attached hydrogens (tertiary/aromatic N) is 1. The summed E-state index contributed by atoms with van der Waals surface area (Å²) in [5.74, 6) is -2.52. The molecule has 3 rings (SSSR count). The second kappa shape index (κ2) is 8.53. The van der Waals surface area contributed by atoms with Crippen molar-refractivity contribution >= 4 is 35.5 Å². The maximum atomic E-state index is 13.4. The van der Waals surface area contributed by atoms with E-state index < -0.39 is 40.7 Å². The van der Waals surface area contributed by atoms with Crippen molar-refractivity contribution in [2.45, 2.75) is 69.3 Å². The van der Waals surface area contributed by atoms with E-state index in [0.29, 0.717) is 12.0 Å². The van der Waals surface area contributed by atoms with Crippen LogP contribution in [0.25, 0.3) is 0 Å². The molecular formula is C22H29N3O5S. The number of fused-ring (bicyclic) bond motifs is 3. The van der Waals surface area contributed by atoms with Crippen LogP contribution in [-0.2, 0) is 14.4 Å². The Bertz CT molecular complexity index is 918. The molecule has 0 bridgehead atoms. The third-order valence-corrected chi connectivity index (χ3v) is 7.60. The molecule has 1 fully saturated rings. The summed E-state index contributed by atoms with van der Waals surface area (Å²) in [7, 11) is 0. The van der Waals surface area contributed by atoms with E-state index in [1.165, 1.54) is 6.92 Å². The van der Waals surface area contributed by atoms with E-state index in [1.54, 1.807) is 28.8 Å².